The van der Waals surface area contributed by atoms with Crippen LogP contribution < -0.4 is 11.1 Å². The minimum absolute atomic E-state index is 0.0150. The fraction of sp³-hybridized carbons (Fsp3) is 0.867. The second-order valence-corrected chi connectivity index (χ2v) is 7.74. The van der Waals surface area contributed by atoms with Crippen molar-refractivity contribution in [1.29, 1.82) is 0 Å². The van der Waals surface area contributed by atoms with E-state index < -0.39 is 5.54 Å². The Hall–Kier alpha value is -1.30. The topological polar surface area (TPSA) is 91.0 Å². The number of amidine groups is 1. The number of carbonyl (C=O) groups excluding carboxylic acids is 1. The van der Waals surface area contributed by atoms with E-state index in [-0.39, 0.29) is 28.5 Å². The number of piperidine rings is 1. The molecule has 1 aliphatic heterocycles. The van der Waals surface area contributed by atoms with Crippen LogP contribution in [0.5, 0.6) is 0 Å². The summed E-state index contributed by atoms with van der Waals surface area (Å²) in [5.41, 5.74) is 5.15. The van der Waals surface area contributed by atoms with E-state index in [9.17, 15) is 4.79 Å². The van der Waals surface area contributed by atoms with Crippen molar-refractivity contribution in [2.45, 2.75) is 46.1 Å². The van der Waals surface area contributed by atoms with E-state index in [0.717, 1.165) is 13.1 Å². The van der Waals surface area contributed by atoms with Crippen molar-refractivity contribution in [2.24, 2.45) is 27.6 Å². The van der Waals surface area contributed by atoms with Crippen LogP contribution in [0.4, 0.5) is 0 Å². The van der Waals surface area contributed by atoms with E-state index in [2.05, 4.69) is 43.1 Å². The summed E-state index contributed by atoms with van der Waals surface area (Å²) >= 11 is 0. The van der Waals surface area contributed by atoms with Crippen LogP contribution in [-0.2, 0) is 4.79 Å². The highest BCUT2D eigenvalue weighted by molar-refractivity contribution is 5.95. The zero-order valence-electron chi connectivity index (χ0n) is 13.7. The van der Waals surface area contributed by atoms with Crippen LogP contribution in [0.2, 0.25) is 0 Å². The van der Waals surface area contributed by atoms with Crippen molar-refractivity contribution in [1.82, 2.24) is 10.2 Å². The van der Waals surface area contributed by atoms with Gasteiger partial charge in [-0.2, -0.15) is 0 Å². The smallest absolute Gasteiger partial charge is 0.225 e. The molecule has 6 heteroatoms. The predicted octanol–water partition coefficient (Wildman–Crippen LogP) is 0.996. The van der Waals surface area contributed by atoms with Gasteiger partial charge in [0.05, 0.1) is 0 Å². The van der Waals surface area contributed by atoms with Gasteiger partial charge in [-0.25, -0.2) is 0 Å². The van der Waals surface area contributed by atoms with Crippen molar-refractivity contribution in [3.63, 3.8) is 0 Å². The van der Waals surface area contributed by atoms with Gasteiger partial charge in [0, 0.05) is 19.0 Å². The first-order valence-corrected chi connectivity index (χ1v) is 7.57. The first kappa shape index (κ1) is 16.1. The lowest BCUT2D eigenvalue weighted by Gasteiger charge is -2.40. The zero-order chi connectivity index (χ0) is 16.1. The Bertz CT molecular complexity index is 448. The average Bonchev–Trinajstić information content (AvgIpc) is 2.81. The maximum Gasteiger partial charge on any atom is 0.225 e. The summed E-state index contributed by atoms with van der Waals surface area (Å²) in [6.07, 6.45) is 1.33. The third-order valence-electron chi connectivity index (χ3n) is 6.08. The Balaban J connectivity index is 2.16. The number of rotatable bonds is 3. The van der Waals surface area contributed by atoms with Gasteiger partial charge in [-0.1, -0.05) is 32.9 Å². The summed E-state index contributed by atoms with van der Waals surface area (Å²) in [6.45, 7) is 10.1. The minimum atomic E-state index is -0.715. The second kappa shape index (κ2) is 4.87. The number of nitrogens with zero attached hydrogens (tertiary/aromatic N) is 2. The van der Waals surface area contributed by atoms with Crippen LogP contribution in [0, 0.1) is 16.7 Å². The number of carbonyl (C=O) groups is 1. The standard InChI is InChI=1S/C15H28N4O2/c1-13(2)10(14(13,3)4)11(20)17-15(12(16)18-21)6-8-19(5)9-7-15/h10,21H,6-9H2,1-5H3,(H2,16,18)(H,17,20). The van der Waals surface area contributed by atoms with E-state index in [1.807, 2.05) is 7.05 Å². The lowest BCUT2D eigenvalue weighted by molar-refractivity contribution is -0.125. The quantitative estimate of drug-likeness (QED) is 0.313. The molecule has 1 saturated heterocycles. The molecule has 1 amide bonds. The molecular weight excluding hydrogens is 268 g/mol. The molecule has 2 fully saturated rings. The third-order valence-corrected chi connectivity index (χ3v) is 6.08. The predicted molar refractivity (Wildman–Crippen MR) is 82.1 cm³/mol. The van der Waals surface area contributed by atoms with Crippen molar-refractivity contribution < 1.29 is 10.0 Å². The van der Waals surface area contributed by atoms with Crippen LogP contribution >= 0.6 is 0 Å². The molecular formula is C15H28N4O2. The lowest BCUT2D eigenvalue weighted by atomic mass is 9.86. The summed E-state index contributed by atoms with van der Waals surface area (Å²) in [5.74, 6) is 0.0920. The monoisotopic (exact) mass is 296 g/mol. The number of likely N-dealkylation sites (tertiary alicyclic amines) is 1. The van der Waals surface area contributed by atoms with E-state index in [4.69, 9.17) is 10.9 Å². The van der Waals surface area contributed by atoms with Gasteiger partial charge < -0.3 is 21.2 Å². The van der Waals surface area contributed by atoms with Crippen LogP contribution in [0.25, 0.3) is 0 Å². The van der Waals surface area contributed by atoms with E-state index in [1.165, 1.54) is 0 Å². The molecule has 0 atom stereocenters. The molecule has 1 saturated carbocycles. The molecule has 0 radical (unpaired) electrons. The van der Waals surface area contributed by atoms with Crippen LogP contribution in [0.3, 0.4) is 0 Å². The number of nitrogens with one attached hydrogen (secondary N) is 1. The molecule has 2 rings (SSSR count). The van der Waals surface area contributed by atoms with Crippen molar-refractivity contribution in [3.8, 4) is 0 Å². The number of hydrogen-bond donors (Lipinski definition) is 3. The van der Waals surface area contributed by atoms with E-state index in [0.29, 0.717) is 12.8 Å². The summed E-state index contributed by atoms with van der Waals surface area (Å²) < 4.78 is 0. The molecule has 21 heavy (non-hydrogen) atoms. The number of nitrogens with two attached hydrogens (primary N) is 1. The number of amides is 1. The van der Waals surface area contributed by atoms with Crippen LogP contribution in [0.1, 0.15) is 40.5 Å². The summed E-state index contributed by atoms with van der Waals surface area (Å²) in [6, 6.07) is 0. The van der Waals surface area contributed by atoms with Crippen LogP contribution in [0.15, 0.2) is 5.16 Å². The van der Waals surface area contributed by atoms with Gasteiger partial charge in [-0.3, -0.25) is 4.79 Å². The van der Waals surface area contributed by atoms with Crippen molar-refractivity contribution >= 4 is 11.7 Å². The van der Waals surface area contributed by atoms with E-state index in [1.54, 1.807) is 0 Å². The Kier molecular flexibility index (Phi) is 3.72. The van der Waals surface area contributed by atoms with Crippen molar-refractivity contribution in [3.05, 3.63) is 0 Å². The second-order valence-electron chi connectivity index (χ2n) is 7.74. The number of oxime groups is 1. The Morgan fingerprint density at radius 3 is 2.10 bits per heavy atom. The van der Waals surface area contributed by atoms with Gasteiger partial charge >= 0.3 is 0 Å². The largest absolute Gasteiger partial charge is 0.409 e. The summed E-state index contributed by atoms with van der Waals surface area (Å²) in [5, 5.41) is 15.4. The van der Waals surface area contributed by atoms with Gasteiger partial charge in [0.2, 0.25) is 5.91 Å². The Labute approximate surface area is 126 Å². The first-order chi connectivity index (χ1) is 9.58. The molecule has 4 N–H and O–H groups in total. The normalized spacial score (nSPS) is 28.1. The lowest BCUT2D eigenvalue weighted by Crippen LogP contribution is -2.62. The van der Waals surface area contributed by atoms with Gasteiger partial charge in [-0.15, -0.1) is 0 Å². The fourth-order valence-corrected chi connectivity index (χ4v) is 3.70. The molecule has 0 aromatic rings. The molecule has 0 aromatic heterocycles. The fourth-order valence-electron chi connectivity index (χ4n) is 3.70. The van der Waals surface area contributed by atoms with Crippen LogP contribution in [-0.4, -0.2) is 47.5 Å². The van der Waals surface area contributed by atoms with Gasteiger partial charge in [0.15, 0.2) is 5.84 Å². The molecule has 0 bridgehead atoms. The Morgan fingerprint density at radius 1 is 1.24 bits per heavy atom. The summed E-state index contributed by atoms with van der Waals surface area (Å²) in [4.78, 5) is 14.9. The van der Waals surface area contributed by atoms with Gasteiger partial charge in [0.25, 0.3) is 0 Å². The van der Waals surface area contributed by atoms with Gasteiger partial charge in [-0.05, 0) is 30.7 Å². The SMILES string of the molecule is CN1CCC(NC(=O)C2C(C)(C)C2(C)C)(C(N)=NO)CC1. The zero-order valence-corrected chi connectivity index (χ0v) is 13.7. The highest BCUT2D eigenvalue weighted by Crippen LogP contribution is 2.68. The molecule has 0 aromatic carbocycles. The molecule has 120 valence electrons. The molecule has 0 spiro atoms. The minimum Gasteiger partial charge on any atom is -0.409 e. The molecule has 1 aliphatic carbocycles. The summed E-state index contributed by atoms with van der Waals surface area (Å²) in [7, 11) is 2.03. The highest BCUT2D eigenvalue weighted by atomic mass is 16.4. The first-order valence-electron chi connectivity index (χ1n) is 7.57. The van der Waals surface area contributed by atoms with Gasteiger partial charge in [0.1, 0.15) is 5.54 Å². The molecule has 6 nitrogen and oxygen atoms in total. The van der Waals surface area contributed by atoms with E-state index >= 15 is 0 Å². The molecule has 1 heterocycles. The molecule has 0 unspecified atom stereocenters. The number of hydrogen-bond acceptors (Lipinski definition) is 4. The highest BCUT2D eigenvalue weighted by Gasteiger charge is 2.68. The third kappa shape index (κ3) is 2.39. The maximum absolute atomic E-state index is 12.7. The average molecular weight is 296 g/mol. The van der Waals surface area contributed by atoms with Crippen molar-refractivity contribution in [2.75, 3.05) is 20.1 Å². The Morgan fingerprint density at radius 2 is 1.71 bits per heavy atom. The molecule has 2 aliphatic rings. The maximum atomic E-state index is 12.7.